The Balaban J connectivity index is 2.99. The number of carbonyl (C=O) groups is 1. The van der Waals surface area contributed by atoms with Crippen molar-refractivity contribution in [3.8, 4) is 6.01 Å². The molecule has 0 saturated carbocycles. The first-order valence-electron chi connectivity index (χ1n) is 4.78. The number of rotatable bonds is 4. The monoisotopic (exact) mass is 226 g/mol. The van der Waals surface area contributed by atoms with E-state index in [0.29, 0.717) is 5.82 Å². The molecular formula is C9H14N4O3. The number of carboxylic acid groups (broad SMARTS) is 1. The molecule has 7 heteroatoms. The average molecular weight is 226 g/mol. The van der Waals surface area contributed by atoms with E-state index < -0.39 is 11.6 Å². The molecular weight excluding hydrogens is 212 g/mol. The van der Waals surface area contributed by atoms with Gasteiger partial charge in [0.05, 0.1) is 0 Å². The lowest BCUT2D eigenvalue weighted by Crippen LogP contribution is -2.41. The van der Waals surface area contributed by atoms with E-state index in [-0.39, 0.29) is 18.4 Å². The Kier molecular flexibility index (Phi) is 3.26. The van der Waals surface area contributed by atoms with Crippen molar-refractivity contribution in [1.82, 2.24) is 15.0 Å². The lowest BCUT2D eigenvalue weighted by Gasteiger charge is -2.23. The Labute approximate surface area is 92.7 Å². The fourth-order valence-corrected chi connectivity index (χ4v) is 0.991. The lowest BCUT2D eigenvalue weighted by molar-refractivity contribution is -0.154. The molecule has 0 amide bonds. The largest absolute Gasteiger partial charge is 0.478 e. The maximum absolute atomic E-state index is 11.0. The van der Waals surface area contributed by atoms with Crippen LogP contribution in [-0.2, 0) is 4.79 Å². The summed E-state index contributed by atoms with van der Waals surface area (Å²) >= 11 is 0. The van der Waals surface area contributed by atoms with Crippen molar-refractivity contribution in [3.63, 3.8) is 0 Å². The van der Waals surface area contributed by atoms with E-state index in [9.17, 15) is 4.79 Å². The molecule has 7 nitrogen and oxygen atoms in total. The third kappa shape index (κ3) is 2.56. The van der Waals surface area contributed by atoms with E-state index in [2.05, 4.69) is 15.0 Å². The number of anilines is 1. The van der Waals surface area contributed by atoms with Gasteiger partial charge in [-0.05, 0) is 20.3 Å². The van der Waals surface area contributed by atoms with Gasteiger partial charge >= 0.3 is 12.0 Å². The topological polar surface area (TPSA) is 111 Å². The van der Waals surface area contributed by atoms with Gasteiger partial charge in [0.1, 0.15) is 5.82 Å². The minimum absolute atomic E-state index is 0.00587. The van der Waals surface area contributed by atoms with E-state index in [1.807, 2.05) is 0 Å². The first-order valence-corrected chi connectivity index (χ1v) is 4.78. The van der Waals surface area contributed by atoms with E-state index >= 15 is 0 Å². The van der Waals surface area contributed by atoms with Gasteiger partial charge in [-0.2, -0.15) is 15.0 Å². The van der Waals surface area contributed by atoms with E-state index in [1.165, 1.54) is 6.92 Å². The van der Waals surface area contributed by atoms with Gasteiger partial charge < -0.3 is 15.6 Å². The van der Waals surface area contributed by atoms with Crippen LogP contribution in [-0.4, -0.2) is 31.6 Å². The standard InChI is InChI=1S/C9H14N4O3/c1-4-9(3,6(14)15)16-8-12-5(2)11-7(10)13-8/h4H2,1-3H3,(H,14,15)(H2,10,11,12,13). The number of nitrogens with two attached hydrogens (primary N) is 1. The van der Waals surface area contributed by atoms with Gasteiger partial charge in [0.2, 0.25) is 11.5 Å². The zero-order valence-corrected chi connectivity index (χ0v) is 9.39. The molecule has 0 aliphatic heterocycles. The number of aliphatic carboxylic acids is 1. The fraction of sp³-hybridized carbons (Fsp3) is 0.556. The first-order chi connectivity index (χ1) is 7.37. The highest BCUT2D eigenvalue weighted by Crippen LogP contribution is 2.18. The number of nitrogen functional groups attached to an aromatic ring is 1. The van der Waals surface area contributed by atoms with Gasteiger partial charge in [0, 0.05) is 0 Å². The Morgan fingerprint density at radius 2 is 2.12 bits per heavy atom. The van der Waals surface area contributed by atoms with Gasteiger partial charge in [0.15, 0.2) is 0 Å². The molecule has 1 heterocycles. The zero-order valence-electron chi connectivity index (χ0n) is 9.39. The van der Waals surface area contributed by atoms with Crippen molar-refractivity contribution < 1.29 is 14.6 Å². The number of hydrogen-bond donors (Lipinski definition) is 2. The Morgan fingerprint density at radius 1 is 1.50 bits per heavy atom. The van der Waals surface area contributed by atoms with Crippen molar-refractivity contribution in [3.05, 3.63) is 5.82 Å². The lowest BCUT2D eigenvalue weighted by atomic mass is 10.0. The summed E-state index contributed by atoms with van der Waals surface area (Å²) in [5, 5.41) is 9.00. The van der Waals surface area contributed by atoms with Crippen LogP contribution in [0.1, 0.15) is 26.1 Å². The smallest absolute Gasteiger partial charge is 0.347 e. The number of aryl methyl sites for hydroxylation is 1. The summed E-state index contributed by atoms with van der Waals surface area (Å²) < 4.78 is 5.23. The number of carboxylic acids is 1. The Morgan fingerprint density at radius 3 is 2.56 bits per heavy atom. The third-order valence-electron chi connectivity index (χ3n) is 2.19. The van der Waals surface area contributed by atoms with Crippen LogP contribution in [0.4, 0.5) is 5.95 Å². The Hall–Kier alpha value is -1.92. The molecule has 0 saturated heterocycles. The molecule has 0 bridgehead atoms. The quantitative estimate of drug-likeness (QED) is 0.763. The number of hydrogen-bond acceptors (Lipinski definition) is 6. The van der Waals surface area contributed by atoms with Crippen LogP contribution in [0, 0.1) is 6.92 Å². The molecule has 88 valence electrons. The molecule has 0 aliphatic rings. The summed E-state index contributed by atoms with van der Waals surface area (Å²) in [5.74, 6) is -0.690. The predicted molar refractivity (Wildman–Crippen MR) is 55.9 cm³/mol. The second-order valence-corrected chi connectivity index (χ2v) is 3.52. The summed E-state index contributed by atoms with van der Waals surface area (Å²) in [5.41, 5.74) is 4.05. The molecule has 16 heavy (non-hydrogen) atoms. The normalized spacial score (nSPS) is 14.2. The van der Waals surface area contributed by atoms with Gasteiger partial charge in [0.25, 0.3) is 0 Å². The van der Waals surface area contributed by atoms with E-state index in [0.717, 1.165) is 0 Å². The maximum atomic E-state index is 11.0. The Bertz CT molecular complexity index is 389. The minimum atomic E-state index is -1.36. The second kappa shape index (κ2) is 4.30. The fourth-order valence-electron chi connectivity index (χ4n) is 0.991. The molecule has 1 unspecified atom stereocenters. The van der Waals surface area contributed by atoms with Crippen molar-refractivity contribution in [1.29, 1.82) is 0 Å². The summed E-state index contributed by atoms with van der Waals surface area (Å²) in [6.45, 7) is 4.77. The SMILES string of the molecule is CCC(C)(Oc1nc(C)nc(N)n1)C(=O)O. The van der Waals surface area contributed by atoms with Crippen molar-refractivity contribution in [2.75, 3.05) is 5.73 Å². The summed E-state index contributed by atoms with van der Waals surface area (Å²) in [6.07, 6.45) is 0.285. The molecule has 1 rings (SSSR count). The van der Waals surface area contributed by atoms with Gasteiger partial charge in [-0.1, -0.05) is 6.92 Å². The third-order valence-corrected chi connectivity index (χ3v) is 2.19. The van der Waals surface area contributed by atoms with Crippen LogP contribution in [0.2, 0.25) is 0 Å². The molecule has 0 fully saturated rings. The van der Waals surface area contributed by atoms with Gasteiger partial charge in [-0.3, -0.25) is 0 Å². The molecule has 0 aliphatic carbocycles. The van der Waals surface area contributed by atoms with Crippen molar-refractivity contribution in [2.24, 2.45) is 0 Å². The summed E-state index contributed by atoms with van der Waals surface area (Å²) in [7, 11) is 0. The highest BCUT2D eigenvalue weighted by molar-refractivity contribution is 5.77. The van der Waals surface area contributed by atoms with Crippen LogP contribution in [0.15, 0.2) is 0 Å². The molecule has 3 N–H and O–H groups in total. The zero-order chi connectivity index (χ0) is 12.3. The molecule has 1 aromatic rings. The minimum Gasteiger partial charge on any atom is -0.478 e. The molecule has 1 aromatic heterocycles. The van der Waals surface area contributed by atoms with Crippen LogP contribution < -0.4 is 10.5 Å². The number of aromatic nitrogens is 3. The van der Waals surface area contributed by atoms with Gasteiger partial charge in [-0.25, -0.2) is 4.79 Å². The van der Waals surface area contributed by atoms with Crippen LogP contribution in [0.5, 0.6) is 6.01 Å². The number of nitrogens with zero attached hydrogens (tertiary/aromatic N) is 3. The molecule has 0 radical (unpaired) electrons. The highest BCUT2D eigenvalue weighted by atomic mass is 16.5. The molecule has 0 spiro atoms. The molecule has 0 aromatic carbocycles. The second-order valence-electron chi connectivity index (χ2n) is 3.52. The van der Waals surface area contributed by atoms with Crippen molar-refractivity contribution >= 4 is 11.9 Å². The van der Waals surface area contributed by atoms with Crippen LogP contribution in [0.3, 0.4) is 0 Å². The highest BCUT2D eigenvalue weighted by Gasteiger charge is 2.34. The summed E-state index contributed by atoms with van der Waals surface area (Å²) in [4.78, 5) is 22.3. The number of ether oxygens (including phenoxy) is 1. The van der Waals surface area contributed by atoms with Crippen molar-refractivity contribution in [2.45, 2.75) is 32.8 Å². The van der Waals surface area contributed by atoms with Gasteiger partial charge in [-0.15, -0.1) is 0 Å². The van der Waals surface area contributed by atoms with E-state index in [4.69, 9.17) is 15.6 Å². The maximum Gasteiger partial charge on any atom is 0.347 e. The molecule has 1 atom stereocenters. The van der Waals surface area contributed by atoms with Crippen LogP contribution >= 0.6 is 0 Å². The van der Waals surface area contributed by atoms with E-state index in [1.54, 1.807) is 13.8 Å². The average Bonchev–Trinajstić information content (AvgIpc) is 2.15. The summed E-state index contributed by atoms with van der Waals surface area (Å²) in [6, 6.07) is -0.0725. The first kappa shape index (κ1) is 12.2. The van der Waals surface area contributed by atoms with Crippen LogP contribution in [0.25, 0.3) is 0 Å². The predicted octanol–water partition coefficient (Wildman–Crippen LogP) is 0.394.